The molecule has 3 N–H and O–H groups in total. The van der Waals surface area contributed by atoms with Gasteiger partial charge in [-0.25, -0.2) is 8.78 Å². The van der Waals surface area contributed by atoms with Crippen molar-refractivity contribution in [2.24, 2.45) is 0 Å². The quantitative estimate of drug-likeness (QED) is 0.787. The summed E-state index contributed by atoms with van der Waals surface area (Å²) in [5, 5.41) is 9.10. The number of amides is 1. The molecule has 2 rings (SSSR count). The van der Waals surface area contributed by atoms with Gasteiger partial charge in [-0.2, -0.15) is 0 Å². The van der Waals surface area contributed by atoms with Crippen LogP contribution in [0.1, 0.15) is 17.3 Å². The van der Waals surface area contributed by atoms with Crippen LogP contribution in [0.5, 0.6) is 0 Å². The first-order valence-electron chi connectivity index (χ1n) is 6.22. The van der Waals surface area contributed by atoms with E-state index in [1.807, 2.05) is 0 Å². The summed E-state index contributed by atoms with van der Waals surface area (Å²) in [4.78, 5) is 13.6. The van der Waals surface area contributed by atoms with Gasteiger partial charge in [0.2, 0.25) is 0 Å². The number of rotatable bonds is 2. The van der Waals surface area contributed by atoms with Crippen LogP contribution in [0.25, 0.3) is 0 Å². The van der Waals surface area contributed by atoms with Crippen LogP contribution in [0, 0.1) is 11.6 Å². The maximum atomic E-state index is 13.4. The number of carbonyl (C=O) groups is 1. The summed E-state index contributed by atoms with van der Waals surface area (Å²) in [5.74, 6) is -2.45. The number of aliphatic hydroxyl groups is 1. The van der Waals surface area contributed by atoms with Crippen LogP contribution in [0.4, 0.5) is 14.5 Å². The monoisotopic (exact) mass is 286 g/mol. The fourth-order valence-electron chi connectivity index (χ4n) is 2.20. The van der Waals surface area contributed by atoms with Gasteiger partial charge < -0.3 is 20.5 Å². The second kappa shape index (κ2) is 5.72. The minimum atomic E-state index is -0.964. The molecule has 7 heteroatoms. The Labute approximate surface area is 114 Å². The van der Waals surface area contributed by atoms with E-state index in [1.54, 1.807) is 6.92 Å². The van der Waals surface area contributed by atoms with Crippen LogP contribution in [0.2, 0.25) is 0 Å². The minimum absolute atomic E-state index is 0.111. The number of nitrogens with two attached hydrogens (primary N) is 1. The molecule has 2 atom stereocenters. The van der Waals surface area contributed by atoms with Gasteiger partial charge in [-0.1, -0.05) is 0 Å². The van der Waals surface area contributed by atoms with Crippen molar-refractivity contribution in [2.45, 2.75) is 19.1 Å². The summed E-state index contributed by atoms with van der Waals surface area (Å²) in [7, 11) is 0. The molecule has 0 radical (unpaired) electrons. The van der Waals surface area contributed by atoms with Gasteiger partial charge in [-0.15, -0.1) is 0 Å². The third kappa shape index (κ3) is 2.88. The van der Waals surface area contributed by atoms with Gasteiger partial charge in [0.25, 0.3) is 5.91 Å². The van der Waals surface area contributed by atoms with E-state index in [2.05, 4.69) is 0 Å². The van der Waals surface area contributed by atoms with E-state index in [0.29, 0.717) is 6.54 Å². The van der Waals surface area contributed by atoms with Crippen LogP contribution < -0.4 is 5.73 Å². The van der Waals surface area contributed by atoms with E-state index in [1.165, 1.54) is 4.90 Å². The summed E-state index contributed by atoms with van der Waals surface area (Å²) >= 11 is 0. The van der Waals surface area contributed by atoms with Crippen molar-refractivity contribution in [1.29, 1.82) is 0 Å². The molecule has 0 saturated carbocycles. The Balaban J connectivity index is 2.22. The maximum absolute atomic E-state index is 13.4. The van der Waals surface area contributed by atoms with E-state index in [-0.39, 0.29) is 24.8 Å². The third-order valence-corrected chi connectivity index (χ3v) is 3.14. The Hall–Kier alpha value is -1.73. The number of hydrogen-bond donors (Lipinski definition) is 2. The third-order valence-electron chi connectivity index (χ3n) is 3.14. The summed E-state index contributed by atoms with van der Waals surface area (Å²) in [5.41, 5.74) is 4.45. The van der Waals surface area contributed by atoms with Crippen LogP contribution in [-0.2, 0) is 4.74 Å². The van der Waals surface area contributed by atoms with Crippen LogP contribution >= 0.6 is 0 Å². The van der Waals surface area contributed by atoms with Crippen molar-refractivity contribution in [3.63, 3.8) is 0 Å². The van der Waals surface area contributed by atoms with E-state index < -0.39 is 29.3 Å². The Kier molecular flexibility index (Phi) is 4.20. The molecule has 1 amide bonds. The standard InChI is InChI=1S/C13H16F2N2O3/c1-7-4-17(5-9(6-18)20-7)13(19)8-2-10(14)12(16)11(15)3-8/h2-3,7,9,18H,4-6,16H2,1H3. The molecule has 0 spiro atoms. The van der Waals surface area contributed by atoms with E-state index >= 15 is 0 Å². The lowest BCUT2D eigenvalue weighted by Crippen LogP contribution is -2.50. The molecule has 5 nitrogen and oxygen atoms in total. The summed E-state index contributed by atoms with van der Waals surface area (Å²) in [6.45, 7) is 2.00. The predicted molar refractivity (Wildman–Crippen MR) is 68.1 cm³/mol. The Morgan fingerprint density at radius 2 is 2.05 bits per heavy atom. The fraction of sp³-hybridized carbons (Fsp3) is 0.462. The van der Waals surface area contributed by atoms with Gasteiger partial charge in [0.15, 0.2) is 0 Å². The van der Waals surface area contributed by atoms with E-state index in [0.717, 1.165) is 12.1 Å². The zero-order valence-electron chi connectivity index (χ0n) is 11.0. The zero-order valence-corrected chi connectivity index (χ0v) is 11.0. The van der Waals surface area contributed by atoms with E-state index in [9.17, 15) is 13.6 Å². The van der Waals surface area contributed by atoms with Crippen molar-refractivity contribution in [3.8, 4) is 0 Å². The van der Waals surface area contributed by atoms with Crippen molar-refractivity contribution in [3.05, 3.63) is 29.3 Å². The van der Waals surface area contributed by atoms with Crippen LogP contribution in [-0.4, -0.2) is 47.8 Å². The Morgan fingerprint density at radius 3 is 2.60 bits per heavy atom. The highest BCUT2D eigenvalue weighted by Crippen LogP contribution is 2.20. The number of nitrogens with zero attached hydrogens (tertiary/aromatic N) is 1. The number of aliphatic hydroxyl groups excluding tert-OH is 1. The van der Waals surface area contributed by atoms with Crippen LogP contribution in [0.15, 0.2) is 12.1 Å². The molecule has 1 aliphatic rings. The van der Waals surface area contributed by atoms with Gasteiger partial charge >= 0.3 is 0 Å². The van der Waals surface area contributed by atoms with E-state index in [4.69, 9.17) is 15.6 Å². The van der Waals surface area contributed by atoms with Crippen molar-refractivity contribution in [2.75, 3.05) is 25.4 Å². The summed E-state index contributed by atoms with van der Waals surface area (Å²) < 4.78 is 32.2. The Morgan fingerprint density at radius 1 is 1.45 bits per heavy atom. The summed E-state index contributed by atoms with van der Waals surface area (Å²) in [6, 6.07) is 1.82. The molecule has 20 heavy (non-hydrogen) atoms. The number of benzene rings is 1. The van der Waals surface area contributed by atoms with Gasteiger partial charge in [0, 0.05) is 18.7 Å². The lowest BCUT2D eigenvalue weighted by atomic mass is 10.1. The molecule has 2 unspecified atom stereocenters. The topological polar surface area (TPSA) is 75.8 Å². The molecule has 1 aliphatic heterocycles. The van der Waals surface area contributed by atoms with Crippen molar-refractivity contribution in [1.82, 2.24) is 4.90 Å². The first-order valence-corrected chi connectivity index (χ1v) is 6.22. The molecule has 0 bridgehead atoms. The predicted octanol–water partition coefficient (Wildman–Crippen LogP) is 0.769. The molecule has 1 fully saturated rings. The molecule has 1 aromatic carbocycles. The zero-order chi connectivity index (χ0) is 14.9. The molecule has 0 aliphatic carbocycles. The molecule has 1 heterocycles. The number of anilines is 1. The number of hydrogen-bond acceptors (Lipinski definition) is 4. The van der Waals surface area contributed by atoms with Gasteiger partial charge in [-0.05, 0) is 19.1 Å². The Bertz CT molecular complexity index is 501. The molecule has 110 valence electrons. The normalized spacial score (nSPS) is 22.9. The summed E-state index contributed by atoms with van der Waals surface area (Å²) in [6.07, 6.45) is -0.750. The number of nitrogen functional groups attached to an aromatic ring is 1. The lowest BCUT2D eigenvalue weighted by molar-refractivity contribution is -0.0858. The fourth-order valence-corrected chi connectivity index (χ4v) is 2.20. The van der Waals surface area contributed by atoms with Crippen molar-refractivity contribution < 1.29 is 23.4 Å². The smallest absolute Gasteiger partial charge is 0.254 e. The molecule has 0 aromatic heterocycles. The first-order chi connectivity index (χ1) is 9.42. The molecule has 1 aromatic rings. The molecular weight excluding hydrogens is 270 g/mol. The number of ether oxygens (including phenoxy) is 1. The SMILES string of the molecule is CC1CN(C(=O)c2cc(F)c(N)c(F)c2)CC(CO)O1. The molecule has 1 saturated heterocycles. The number of carbonyl (C=O) groups excluding carboxylic acids is 1. The minimum Gasteiger partial charge on any atom is -0.394 e. The average molecular weight is 286 g/mol. The highest BCUT2D eigenvalue weighted by atomic mass is 19.1. The first kappa shape index (κ1) is 14.7. The molecular formula is C13H16F2N2O3. The number of morpholine rings is 1. The van der Waals surface area contributed by atoms with Crippen molar-refractivity contribution >= 4 is 11.6 Å². The second-order valence-electron chi connectivity index (χ2n) is 4.81. The second-order valence-corrected chi connectivity index (χ2v) is 4.81. The number of halogens is 2. The lowest BCUT2D eigenvalue weighted by Gasteiger charge is -2.36. The highest BCUT2D eigenvalue weighted by molar-refractivity contribution is 5.94. The maximum Gasteiger partial charge on any atom is 0.254 e. The van der Waals surface area contributed by atoms with Gasteiger partial charge in [-0.3, -0.25) is 4.79 Å². The van der Waals surface area contributed by atoms with Crippen LogP contribution in [0.3, 0.4) is 0 Å². The van der Waals surface area contributed by atoms with Gasteiger partial charge in [0.05, 0.1) is 18.8 Å². The largest absolute Gasteiger partial charge is 0.394 e. The highest BCUT2D eigenvalue weighted by Gasteiger charge is 2.29. The van der Waals surface area contributed by atoms with Gasteiger partial charge in [0.1, 0.15) is 17.3 Å². The average Bonchev–Trinajstić information content (AvgIpc) is 2.42.